The highest BCUT2D eigenvalue weighted by Crippen LogP contribution is 2.41. The van der Waals surface area contributed by atoms with Crippen molar-refractivity contribution in [1.82, 2.24) is 20.6 Å². The zero-order valence-electron chi connectivity index (χ0n) is 19.1. The Kier molecular flexibility index (Phi) is 5.94. The molecule has 5 rings (SSSR count). The lowest BCUT2D eigenvalue weighted by Gasteiger charge is -2.17. The van der Waals surface area contributed by atoms with Gasteiger partial charge in [-0.05, 0) is 44.5 Å². The molecular weight excluding hydrogens is 450 g/mol. The van der Waals surface area contributed by atoms with E-state index in [9.17, 15) is 4.79 Å². The first kappa shape index (κ1) is 22.3. The number of nitrogens with one attached hydrogen (secondary N) is 4. The first-order valence-electron chi connectivity index (χ1n) is 11.3. The Balaban J connectivity index is 1.65. The van der Waals surface area contributed by atoms with Gasteiger partial charge >= 0.3 is 0 Å². The Morgan fingerprint density at radius 3 is 2.94 bits per heavy atom. The number of ether oxygens (including phenoxy) is 1. The van der Waals surface area contributed by atoms with Crippen LogP contribution in [0.2, 0.25) is 5.02 Å². The van der Waals surface area contributed by atoms with Crippen LogP contribution >= 0.6 is 11.6 Å². The summed E-state index contributed by atoms with van der Waals surface area (Å²) < 4.78 is 5.53. The van der Waals surface area contributed by atoms with Gasteiger partial charge in [-0.15, -0.1) is 0 Å². The topological polar surface area (TPSA) is 91.1 Å². The molecule has 8 heteroatoms. The number of para-hydroxylation sites is 1. The zero-order chi connectivity index (χ0) is 23.7. The quantitative estimate of drug-likeness (QED) is 0.423. The van der Waals surface area contributed by atoms with Crippen LogP contribution < -0.4 is 20.7 Å². The number of carbonyl (C=O) groups is 1. The molecule has 0 spiro atoms. The van der Waals surface area contributed by atoms with Crippen LogP contribution in [0.4, 0.5) is 11.4 Å². The number of H-pyrrole nitrogens is 1. The van der Waals surface area contributed by atoms with Gasteiger partial charge < -0.3 is 25.7 Å². The van der Waals surface area contributed by atoms with Gasteiger partial charge in [-0.1, -0.05) is 29.5 Å². The summed E-state index contributed by atoms with van der Waals surface area (Å²) in [6.07, 6.45) is 6.33. The molecule has 1 saturated heterocycles. The Bertz CT molecular complexity index is 1310. The van der Waals surface area contributed by atoms with Crippen molar-refractivity contribution in [2.45, 2.75) is 31.7 Å². The van der Waals surface area contributed by atoms with Crippen LogP contribution in [-0.2, 0) is 6.42 Å². The Labute approximate surface area is 203 Å². The molecule has 174 valence electrons. The van der Waals surface area contributed by atoms with Gasteiger partial charge in [0.2, 0.25) is 0 Å². The van der Waals surface area contributed by atoms with Crippen molar-refractivity contribution in [2.24, 2.45) is 0 Å². The van der Waals surface area contributed by atoms with Crippen LogP contribution in [0.1, 0.15) is 41.4 Å². The highest BCUT2D eigenvalue weighted by atomic mass is 35.5. The van der Waals surface area contributed by atoms with E-state index >= 15 is 0 Å². The summed E-state index contributed by atoms with van der Waals surface area (Å²) in [5.41, 5.74) is 5.02. The summed E-state index contributed by atoms with van der Waals surface area (Å²) in [6, 6.07) is 7.39. The molecule has 0 saturated carbocycles. The van der Waals surface area contributed by atoms with E-state index < -0.39 is 0 Å². The lowest BCUT2D eigenvalue weighted by Crippen LogP contribution is -2.34. The number of pyridine rings is 1. The number of carbonyl (C=O) groups excluding carboxylic acids is 1. The van der Waals surface area contributed by atoms with Crippen molar-refractivity contribution >= 4 is 28.9 Å². The third kappa shape index (κ3) is 4.11. The number of methoxy groups -OCH3 is 1. The van der Waals surface area contributed by atoms with E-state index in [0.29, 0.717) is 40.7 Å². The van der Waals surface area contributed by atoms with Crippen LogP contribution in [0, 0.1) is 11.8 Å². The summed E-state index contributed by atoms with van der Waals surface area (Å²) in [5, 5.41) is 10.3. The molecule has 0 aliphatic carbocycles. The fourth-order valence-corrected chi connectivity index (χ4v) is 4.83. The Hall–Kier alpha value is -3.47. The van der Waals surface area contributed by atoms with E-state index in [-0.39, 0.29) is 11.4 Å². The van der Waals surface area contributed by atoms with Crippen LogP contribution in [0.3, 0.4) is 0 Å². The smallest absolute Gasteiger partial charge is 0.255 e. The number of rotatable bonds is 4. The second kappa shape index (κ2) is 9.05. The maximum atomic E-state index is 12.9. The molecule has 34 heavy (non-hydrogen) atoms. The fourth-order valence-electron chi connectivity index (χ4n) is 4.57. The Morgan fingerprint density at radius 2 is 2.15 bits per heavy atom. The van der Waals surface area contributed by atoms with Gasteiger partial charge in [0.15, 0.2) is 5.75 Å². The van der Waals surface area contributed by atoms with Crippen LogP contribution in [0.25, 0.3) is 11.3 Å². The molecule has 7 nitrogen and oxygen atoms in total. The molecule has 2 aliphatic rings. The summed E-state index contributed by atoms with van der Waals surface area (Å²) in [5.74, 6) is 7.12. The number of anilines is 2. The van der Waals surface area contributed by atoms with E-state index in [0.717, 1.165) is 41.9 Å². The third-order valence-electron chi connectivity index (χ3n) is 6.33. The molecule has 4 heterocycles. The van der Waals surface area contributed by atoms with Gasteiger partial charge in [-0.3, -0.25) is 9.78 Å². The van der Waals surface area contributed by atoms with Crippen molar-refractivity contribution in [1.29, 1.82) is 0 Å². The number of amides is 1. The summed E-state index contributed by atoms with van der Waals surface area (Å²) in [7, 11) is 1.57. The minimum atomic E-state index is -0.211. The van der Waals surface area contributed by atoms with Gasteiger partial charge in [-0.2, -0.15) is 0 Å². The fraction of sp³-hybridized carbons (Fsp3) is 0.308. The first-order valence-corrected chi connectivity index (χ1v) is 11.7. The lowest BCUT2D eigenvalue weighted by molar-refractivity contribution is 0.0947. The summed E-state index contributed by atoms with van der Waals surface area (Å²) in [4.78, 5) is 20.7. The first-order chi connectivity index (χ1) is 16.5. The Morgan fingerprint density at radius 1 is 1.26 bits per heavy atom. The number of aromatic amines is 1. The zero-order valence-corrected chi connectivity index (χ0v) is 19.9. The monoisotopic (exact) mass is 475 g/mol. The number of nitrogens with zero attached hydrogens (tertiary/aromatic N) is 1. The number of fused-ring (bicyclic) bond motifs is 1. The van der Waals surface area contributed by atoms with Crippen molar-refractivity contribution < 1.29 is 9.53 Å². The number of hydrogen-bond acceptors (Lipinski definition) is 5. The molecule has 0 bridgehead atoms. The van der Waals surface area contributed by atoms with E-state index in [1.165, 1.54) is 0 Å². The van der Waals surface area contributed by atoms with Crippen LogP contribution in [-0.4, -0.2) is 41.6 Å². The minimum Gasteiger partial charge on any atom is -0.493 e. The molecule has 0 radical (unpaired) electrons. The van der Waals surface area contributed by atoms with Gasteiger partial charge in [-0.25, -0.2) is 0 Å². The van der Waals surface area contributed by atoms with Gasteiger partial charge in [0.05, 0.1) is 45.9 Å². The number of aromatic nitrogens is 2. The number of halogens is 1. The second-order valence-corrected chi connectivity index (χ2v) is 9.12. The average molecular weight is 476 g/mol. The molecule has 1 atom stereocenters. The molecule has 1 unspecified atom stereocenters. The third-order valence-corrected chi connectivity index (χ3v) is 6.63. The molecule has 2 aromatic heterocycles. The molecule has 1 fully saturated rings. The highest BCUT2D eigenvalue weighted by Gasteiger charge is 2.29. The predicted octanol–water partition coefficient (Wildman–Crippen LogP) is 4.26. The SMILES string of the molecule is COc1c(Cl)cccc1Nc1c(-c2ccncc2C#CC2(C)CCCN2)[nH]c2c1C(=O)NCC2. The summed E-state index contributed by atoms with van der Waals surface area (Å²) >= 11 is 6.36. The number of hydrogen-bond donors (Lipinski definition) is 4. The van der Waals surface area contributed by atoms with Crippen LogP contribution in [0.15, 0.2) is 36.7 Å². The highest BCUT2D eigenvalue weighted by molar-refractivity contribution is 6.32. The molecule has 3 aromatic rings. The second-order valence-electron chi connectivity index (χ2n) is 8.71. The van der Waals surface area contributed by atoms with Gasteiger partial charge in [0.25, 0.3) is 5.91 Å². The van der Waals surface area contributed by atoms with E-state index in [1.54, 1.807) is 25.6 Å². The molecule has 1 amide bonds. The van der Waals surface area contributed by atoms with Crippen molar-refractivity contribution in [3.63, 3.8) is 0 Å². The molecule has 4 N–H and O–H groups in total. The lowest BCUT2D eigenvalue weighted by atomic mass is 9.99. The van der Waals surface area contributed by atoms with Crippen LogP contribution in [0.5, 0.6) is 5.75 Å². The maximum absolute atomic E-state index is 12.9. The minimum absolute atomic E-state index is 0.128. The molecular formula is C26H26ClN5O2. The standard InChI is InChI=1S/C26H26ClN5O2/c1-26(10-4-12-30-26)11-7-16-15-28-13-8-17(16)22-23(21-19(31-22)9-14-29-25(21)33)32-20-6-3-5-18(27)24(20)34-2/h3,5-6,8,13,15,30-32H,4,9-10,12,14H2,1-2H3,(H,29,33). The van der Waals surface area contributed by atoms with E-state index in [4.69, 9.17) is 16.3 Å². The number of benzene rings is 1. The van der Waals surface area contributed by atoms with E-state index in [1.807, 2.05) is 18.2 Å². The predicted molar refractivity (Wildman–Crippen MR) is 134 cm³/mol. The normalized spacial score (nSPS) is 19.1. The van der Waals surface area contributed by atoms with E-state index in [2.05, 4.69) is 44.7 Å². The molecule has 2 aliphatic heterocycles. The van der Waals surface area contributed by atoms with Gasteiger partial charge in [0, 0.05) is 36.6 Å². The molecule has 1 aromatic carbocycles. The average Bonchev–Trinajstić information content (AvgIpc) is 3.43. The van der Waals surface area contributed by atoms with Crippen molar-refractivity contribution in [3.8, 4) is 28.8 Å². The van der Waals surface area contributed by atoms with Gasteiger partial charge in [0.1, 0.15) is 0 Å². The summed E-state index contributed by atoms with van der Waals surface area (Å²) in [6.45, 7) is 3.68. The largest absolute Gasteiger partial charge is 0.493 e. The van der Waals surface area contributed by atoms with Crippen molar-refractivity contribution in [2.75, 3.05) is 25.5 Å². The maximum Gasteiger partial charge on any atom is 0.255 e. The van der Waals surface area contributed by atoms with Crippen molar-refractivity contribution in [3.05, 3.63) is 58.5 Å².